The van der Waals surface area contributed by atoms with Crippen molar-refractivity contribution in [3.8, 4) is 0 Å². The van der Waals surface area contributed by atoms with E-state index in [2.05, 4.69) is 5.32 Å². The van der Waals surface area contributed by atoms with Gasteiger partial charge in [0, 0.05) is 12.1 Å². The van der Waals surface area contributed by atoms with Crippen LogP contribution in [0.5, 0.6) is 0 Å². The summed E-state index contributed by atoms with van der Waals surface area (Å²) in [7, 11) is 0. The molecule has 1 saturated carbocycles. The highest BCUT2D eigenvalue weighted by atomic mass is 19.2. The van der Waals surface area contributed by atoms with Gasteiger partial charge in [0.25, 0.3) is 0 Å². The maximum absolute atomic E-state index is 13.2. The molecule has 1 aliphatic rings. The van der Waals surface area contributed by atoms with E-state index in [0.29, 0.717) is 24.6 Å². The lowest BCUT2D eigenvalue weighted by Crippen LogP contribution is -2.35. The van der Waals surface area contributed by atoms with Crippen LogP contribution in [0.3, 0.4) is 0 Å². The fourth-order valence-electron chi connectivity index (χ4n) is 2.15. The third kappa shape index (κ3) is 4.56. The lowest BCUT2D eigenvalue weighted by molar-refractivity contribution is -0.143. The number of hydrogen-bond donors (Lipinski definition) is 1. The number of halogens is 2. The fraction of sp³-hybridized carbons (Fsp3) is 0.533. The molecule has 0 saturated heterocycles. The van der Waals surface area contributed by atoms with Crippen LogP contribution in [0.4, 0.5) is 8.78 Å². The first-order valence-electron chi connectivity index (χ1n) is 6.94. The number of carbonyl (C=O) groups is 1. The molecule has 1 aromatic carbocycles. The molecule has 1 aromatic rings. The van der Waals surface area contributed by atoms with E-state index < -0.39 is 11.6 Å². The second kappa shape index (κ2) is 6.79. The second-order valence-corrected chi connectivity index (χ2v) is 5.10. The summed E-state index contributed by atoms with van der Waals surface area (Å²) in [4.78, 5) is 11.6. The minimum Gasteiger partial charge on any atom is -0.466 e. The lowest BCUT2D eigenvalue weighted by atomic mass is 10.0. The number of hydrogen-bond acceptors (Lipinski definition) is 3. The number of carbonyl (C=O) groups excluding carboxylic acids is 1. The predicted octanol–water partition coefficient (Wildman–Crippen LogP) is 2.58. The number of rotatable bonds is 7. The van der Waals surface area contributed by atoms with E-state index in [9.17, 15) is 13.6 Å². The van der Waals surface area contributed by atoms with Crippen molar-refractivity contribution in [3.63, 3.8) is 0 Å². The van der Waals surface area contributed by atoms with Crippen molar-refractivity contribution in [3.05, 3.63) is 35.4 Å². The van der Waals surface area contributed by atoms with Crippen LogP contribution in [0.1, 0.15) is 31.7 Å². The van der Waals surface area contributed by atoms with Crippen LogP contribution in [-0.2, 0) is 16.0 Å². The molecular weight excluding hydrogens is 264 g/mol. The smallest absolute Gasteiger partial charge is 0.307 e. The highest BCUT2D eigenvalue weighted by Gasteiger charge is 2.26. The minimum absolute atomic E-state index is 0.105. The number of nitrogens with one attached hydrogen (secondary N) is 1. The number of esters is 1. The molecule has 0 heterocycles. The highest BCUT2D eigenvalue weighted by molar-refractivity contribution is 5.70. The van der Waals surface area contributed by atoms with Crippen molar-refractivity contribution in [1.82, 2.24) is 5.32 Å². The standard InChI is InChI=1S/C15H19F2NO2/c1-2-20-15(19)9-12(18-11-4-5-11)7-10-3-6-13(16)14(17)8-10/h3,6,8,11-12,18H,2,4-5,7,9H2,1H3. The number of benzene rings is 1. The molecule has 1 fully saturated rings. The highest BCUT2D eigenvalue weighted by Crippen LogP contribution is 2.21. The number of ether oxygens (including phenoxy) is 1. The molecule has 110 valence electrons. The molecule has 1 N–H and O–H groups in total. The molecule has 2 rings (SSSR count). The summed E-state index contributed by atoms with van der Waals surface area (Å²) < 4.78 is 31.0. The Balaban J connectivity index is 1.98. The monoisotopic (exact) mass is 283 g/mol. The molecule has 0 amide bonds. The first-order chi connectivity index (χ1) is 9.58. The topological polar surface area (TPSA) is 38.3 Å². The Morgan fingerprint density at radius 1 is 1.40 bits per heavy atom. The third-order valence-electron chi connectivity index (χ3n) is 3.23. The first kappa shape index (κ1) is 14.9. The van der Waals surface area contributed by atoms with Gasteiger partial charge in [0.1, 0.15) is 0 Å². The average molecular weight is 283 g/mol. The van der Waals surface area contributed by atoms with Crippen LogP contribution < -0.4 is 5.32 Å². The van der Waals surface area contributed by atoms with E-state index in [1.165, 1.54) is 6.07 Å². The van der Waals surface area contributed by atoms with Crippen molar-refractivity contribution < 1.29 is 18.3 Å². The molecule has 1 unspecified atom stereocenters. The van der Waals surface area contributed by atoms with Gasteiger partial charge in [-0.15, -0.1) is 0 Å². The Morgan fingerprint density at radius 3 is 2.75 bits per heavy atom. The maximum atomic E-state index is 13.2. The Hall–Kier alpha value is -1.49. The van der Waals surface area contributed by atoms with Crippen molar-refractivity contribution in [1.29, 1.82) is 0 Å². The summed E-state index contributed by atoms with van der Waals surface area (Å²) in [6, 6.07) is 4.17. The summed E-state index contributed by atoms with van der Waals surface area (Å²) in [5, 5.41) is 3.35. The van der Waals surface area contributed by atoms with Crippen molar-refractivity contribution in [2.45, 2.75) is 44.7 Å². The second-order valence-electron chi connectivity index (χ2n) is 5.10. The van der Waals surface area contributed by atoms with Crippen molar-refractivity contribution in [2.24, 2.45) is 0 Å². The van der Waals surface area contributed by atoms with Gasteiger partial charge in [-0.05, 0) is 43.9 Å². The summed E-state index contributed by atoms with van der Waals surface area (Å²) in [5.41, 5.74) is 0.673. The van der Waals surface area contributed by atoms with Gasteiger partial charge in [-0.25, -0.2) is 8.78 Å². The summed E-state index contributed by atoms with van der Waals surface area (Å²) in [6.45, 7) is 2.11. The van der Waals surface area contributed by atoms with Crippen molar-refractivity contribution in [2.75, 3.05) is 6.61 Å². The zero-order valence-electron chi connectivity index (χ0n) is 11.5. The van der Waals surface area contributed by atoms with Crippen LogP contribution in [0.15, 0.2) is 18.2 Å². The van der Waals surface area contributed by atoms with Crippen LogP contribution in [0.2, 0.25) is 0 Å². The molecule has 0 aromatic heterocycles. The molecular formula is C15H19F2NO2. The Morgan fingerprint density at radius 2 is 2.15 bits per heavy atom. The van der Waals surface area contributed by atoms with Crippen LogP contribution in [0, 0.1) is 11.6 Å². The third-order valence-corrected chi connectivity index (χ3v) is 3.23. The first-order valence-corrected chi connectivity index (χ1v) is 6.94. The van der Waals surface area contributed by atoms with Gasteiger partial charge in [0.15, 0.2) is 11.6 Å². The molecule has 0 spiro atoms. The van der Waals surface area contributed by atoms with E-state index in [-0.39, 0.29) is 18.4 Å². The van der Waals surface area contributed by atoms with E-state index in [1.807, 2.05) is 0 Å². The Bertz CT molecular complexity index is 475. The van der Waals surface area contributed by atoms with Crippen LogP contribution in [-0.4, -0.2) is 24.7 Å². The van der Waals surface area contributed by atoms with E-state index in [4.69, 9.17) is 4.74 Å². The molecule has 5 heteroatoms. The van der Waals surface area contributed by atoms with E-state index in [1.54, 1.807) is 13.0 Å². The van der Waals surface area contributed by atoms with Crippen LogP contribution >= 0.6 is 0 Å². The van der Waals surface area contributed by atoms with Gasteiger partial charge in [-0.1, -0.05) is 6.07 Å². The molecule has 1 atom stereocenters. The zero-order chi connectivity index (χ0) is 14.5. The summed E-state index contributed by atoms with van der Waals surface area (Å²) >= 11 is 0. The molecule has 3 nitrogen and oxygen atoms in total. The van der Waals surface area contributed by atoms with Crippen molar-refractivity contribution >= 4 is 5.97 Å². The van der Waals surface area contributed by atoms with Gasteiger partial charge < -0.3 is 10.1 Å². The van der Waals surface area contributed by atoms with Gasteiger partial charge >= 0.3 is 5.97 Å². The summed E-state index contributed by atoms with van der Waals surface area (Å²) in [6.07, 6.45) is 2.91. The van der Waals surface area contributed by atoms with Gasteiger partial charge in [-0.3, -0.25) is 4.79 Å². The van der Waals surface area contributed by atoms with Gasteiger partial charge in [0.2, 0.25) is 0 Å². The molecule has 1 aliphatic carbocycles. The predicted molar refractivity (Wildman–Crippen MR) is 71.3 cm³/mol. The van der Waals surface area contributed by atoms with E-state index in [0.717, 1.165) is 18.9 Å². The zero-order valence-corrected chi connectivity index (χ0v) is 11.5. The average Bonchev–Trinajstić information content (AvgIpc) is 3.18. The SMILES string of the molecule is CCOC(=O)CC(Cc1ccc(F)c(F)c1)NC1CC1. The Kier molecular flexibility index (Phi) is 5.06. The minimum atomic E-state index is -0.858. The summed E-state index contributed by atoms with van der Waals surface area (Å²) in [5.74, 6) is -1.98. The van der Waals surface area contributed by atoms with Gasteiger partial charge in [-0.2, -0.15) is 0 Å². The van der Waals surface area contributed by atoms with E-state index >= 15 is 0 Å². The fourth-order valence-corrected chi connectivity index (χ4v) is 2.15. The normalized spacial score (nSPS) is 15.9. The molecule has 20 heavy (non-hydrogen) atoms. The molecule has 0 aliphatic heterocycles. The Labute approximate surface area is 117 Å². The molecule has 0 radical (unpaired) electrons. The van der Waals surface area contributed by atoms with Crippen LogP contribution in [0.25, 0.3) is 0 Å². The quantitative estimate of drug-likeness (QED) is 0.782. The van der Waals surface area contributed by atoms with Gasteiger partial charge in [0.05, 0.1) is 13.0 Å². The lowest BCUT2D eigenvalue weighted by Gasteiger charge is -2.18. The molecule has 0 bridgehead atoms. The maximum Gasteiger partial charge on any atom is 0.307 e. The largest absolute Gasteiger partial charge is 0.466 e.